The van der Waals surface area contributed by atoms with E-state index in [0.29, 0.717) is 38.6 Å². The highest BCUT2D eigenvalue weighted by atomic mass is 35.5. The zero-order chi connectivity index (χ0) is 25.4. The van der Waals surface area contributed by atoms with Crippen LogP contribution >= 0.6 is 12.4 Å². The highest BCUT2D eigenvalue weighted by Gasteiger charge is 2.68. The molecule has 0 aromatic heterocycles. The lowest BCUT2D eigenvalue weighted by Crippen LogP contribution is -2.62. The van der Waals surface area contributed by atoms with Crippen LogP contribution in [-0.2, 0) is 19.1 Å². The lowest BCUT2D eigenvalue weighted by Gasteiger charge is -2.60. The molecular weight excluding hydrogens is 486 g/mol. The molecule has 4 N–H and O–H groups in total. The quantitative estimate of drug-likeness (QED) is 0.322. The van der Waals surface area contributed by atoms with Crippen molar-refractivity contribution in [1.82, 2.24) is 0 Å². The van der Waals surface area contributed by atoms with E-state index in [0.717, 1.165) is 37.7 Å². The maximum Gasteiger partial charge on any atom is 0.508 e. The number of carbonyl (C=O) groups excluding carboxylic acids is 3. The number of carbonyl (C=O) groups is 3. The zero-order valence-corrected chi connectivity index (χ0v) is 22.3. The first-order valence-electron chi connectivity index (χ1n) is 13.2. The normalized spacial score (nSPS) is 39.1. The third-order valence-corrected chi connectivity index (χ3v) is 9.90. The molecule has 0 heterocycles. The summed E-state index contributed by atoms with van der Waals surface area (Å²) in [7, 11) is 0. The van der Waals surface area contributed by atoms with Crippen LogP contribution in [0.1, 0.15) is 78.1 Å². The van der Waals surface area contributed by atoms with E-state index in [1.807, 2.05) is 6.92 Å². The minimum atomic E-state index is -1.66. The van der Waals surface area contributed by atoms with Gasteiger partial charge in [-0.25, -0.2) is 4.79 Å². The Labute approximate surface area is 219 Å². The third-order valence-electron chi connectivity index (χ3n) is 9.90. The van der Waals surface area contributed by atoms with Gasteiger partial charge in [-0.2, -0.15) is 0 Å². The molecule has 0 bridgehead atoms. The number of hydrogen-bond acceptors (Lipinski definition) is 8. The van der Waals surface area contributed by atoms with Crippen molar-refractivity contribution in [1.29, 1.82) is 0 Å². The van der Waals surface area contributed by atoms with Crippen molar-refractivity contribution < 1.29 is 34.1 Å². The van der Waals surface area contributed by atoms with Crippen LogP contribution < -0.4 is 5.73 Å². The van der Waals surface area contributed by atoms with Gasteiger partial charge in [0, 0.05) is 11.8 Å². The molecule has 3 fully saturated rings. The predicted octanol–water partition coefficient (Wildman–Crippen LogP) is 3.49. The van der Waals surface area contributed by atoms with Crippen molar-refractivity contribution in [3.63, 3.8) is 0 Å². The minimum Gasteiger partial charge on any atom is -0.434 e. The largest absolute Gasteiger partial charge is 0.508 e. The van der Waals surface area contributed by atoms with Crippen LogP contribution in [0, 0.1) is 28.6 Å². The zero-order valence-electron chi connectivity index (χ0n) is 21.5. The molecule has 0 amide bonds. The molecule has 3 saturated carbocycles. The molecule has 0 spiro atoms. The number of Topliss-reactive ketones (excluding diaryl/α,β-unsaturated/α-hetero) is 1. The molecule has 0 saturated heterocycles. The Hall–Kier alpha value is -1.48. The highest BCUT2D eigenvalue weighted by Crippen LogP contribution is 2.67. The summed E-state index contributed by atoms with van der Waals surface area (Å²) in [6.45, 7) is 4.33. The number of ketones is 2. The van der Waals surface area contributed by atoms with Gasteiger partial charge in [-0.15, -0.1) is 12.4 Å². The summed E-state index contributed by atoms with van der Waals surface area (Å²) >= 11 is 0. The monoisotopic (exact) mass is 527 g/mol. The van der Waals surface area contributed by atoms with Crippen LogP contribution in [0.4, 0.5) is 4.79 Å². The Morgan fingerprint density at radius 2 is 1.86 bits per heavy atom. The molecule has 8 nitrogen and oxygen atoms in total. The molecule has 36 heavy (non-hydrogen) atoms. The van der Waals surface area contributed by atoms with Gasteiger partial charge < -0.3 is 25.4 Å². The van der Waals surface area contributed by atoms with Gasteiger partial charge in [0.05, 0.1) is 12.7 Å². The fourth-order valence-corrected chi connectivity index (χ4v) is 8.01. The molecule has 4 rings (SSSR count). The third kappa shape index (κ3) is 4.86. The van der Waals surface area contributed by atoms with Crippen molar-refractivity contribution in [2.45, 2.75) is 89.8 Å². The van der Waals surface area contributed by atoms with Gasteiger partial charge in [0.15, 0.2) is 12.4 Å². The number of allylic oxidation sites excluding steroid dienone is 1. The summed E-state index contributed by atoms with van der Waals surface area (Å²) in [6.07, 6.45) is 6.76. The van der Waals surface area contributed by atoms with Crippen LogP contribution in [0.25, 0.3) is 0 Å². The van der Waals surface area contributed by atoms with Crippen LogP contribution in [0.2, 0.25) is 0 Å². The van der Waals surface area contributed by atoms with E-state index < -0.39 is 35.7 Å². The summed E-state index contributed by atoms with van der Waals surface area (Å²) in [6, 6.07) is 0. The summed E-state index contributed by atoms with van der Waals surface area (Å²) in [5.74, 6) is -0.104. The van der Waals surface area contributed by atoms with Crippen LogP contribution in [-0.4, -0.2) is 59.4 Å². The molecule has 0 aromatic carbocycles. The summed E-state index contributed by atoms with van der Waals surface area (Å²) in [4.78, 5) is 37.2. The van der Waals surface area contributed by atoms with Gasteiger partial charge >= 0.3 is 6.16 Å². The molecule has 0 aliphatic heterocycles. The van der Waals surface area contributed by atoms with Gasteiger partial charge in [0.2, 0.25) is 5.78 Å². The van der Waals surface area contributed by atoms with Gasteiger partial charge in [-0.1, -0.05) is 19.4 Å². The lowest BCUT2D eigenvalue weighted by atomic mass is 9.45. The molecule has 7 atom stereocenters. The topological polar surface area (TPSA) is 136 Å². The minimum absolute atomic E-state index is 0. The number of unbranched alkanes of at least 4 members (excludes halogenated alkanes) is 2. The van der Waals surface area contributed by atoms with E-state index in [4.69, 9.17) is 15.2 Å². The van der Waals surface area contributed by atoms with Crippen molar-refractivity contribution in [3.8, 4) is 0 Å². The summed E-state index contributed by atoms with van der Waals surface area (Å²) < 4.78 is 10.1. The van der Waals surface area contributed by atoms with Crippen molar-refractivity contribution in [2.24, 2.45) is 34.3 Å². The second-order valence-corrected chi connectivity index (χ2v) is 11.6. The van der Waals surface area contributed by atoms with E-state index in [1.54, 1.807) is 6.08 Å². The number of rotatable bonds is 8. The Balaban J connectivity index is 0.00000361. The number of nitrogens with two attached hydrogens (primary N) is 1. The molecule has 0 radical (unpaired) electrons. The second-order valence-electron chi connectivity index (χ2n) is 11.6. The van der Waals surface area contributed by atoms with Gasteiger partial charge in [-0.3, -0.25) is 9.59 Å². The number of aliphatic hydroxyl groups excluding tert-OH is 1. The van der Waals surface area contributed by atoms with E-state index in [1.165, 1.54) is 0 Å². The highest BCUT2D eigenvalue weighted by molar-refractivity contribution is 5.92. The van der Waals surface area contributed by atoms with Crippen molar-refractivity contribution in [2.75, 3.05) is 19.8 Å². The molecule has 0 aromatic rings. The van der Waals surface area contributed by atoms with Gasteiger partial charge in [0.25, 0.3) is 0 Å². The predicted molar refractivity (Wildman–Crippen MR) is 136 cm³/mol. The SMILES string of the molecule is C[C@]12CCC(=O)C=C1CC[C@@H]1[C@@H]2[C@@H](O)C[C@@]2(C)[C@H]1CC[C@]2(O)C(=O)COC(=O)OCCCCCN.Cl. The Kier molecular flexibility index (Phi) is 8.96. The first kappa shape index (κ1) is 29.1. The average molecular weight is 528 g/mol. The van der Waals surface area contributed by atoms with Gasteiger partial charge in [0.1, 0.15) is 5.60 Å². The molecule has 204 valence electrons. The maximum absolute atomic E-state index is 13.2. The molecule has 9 heteroatoms. The number of hydrogen-bond donors (Lipinski definition) is 3. The molecule has 4 aliphatic rings. The summed E-state index contributed by atoms with van der Waals surface area (Å²) in [5, 5.41) is 23.1. The van der Waals surface area contributed by atoms with Crippen LogP contribution in [0.3, 0.4) is 0 Å². The first-order chi connectivity index (χ1) is 16.6. The fraction of sp³-hybridized carbons (Fsp3) is 0.815. The van der Waals surface area contributed by atoms with E-state index >= 15 is 0 Å². The Morgan fingerprint density at radius 3 is 2.58 bits per heavy atom. The average Bonchev–Trinajstić information content (AvgIpc) is 3.08. The molecular formula is C27H42ClNO7. The Morgan fingerprint density at radius 1 is 1.11 bits per heavy atom. The first-order valence-corrected chi connectivity index (χ1v) is 13.2. The van der Waals surface area contributed by atoms with Crippen molar-refractivity contribution >= 4 is 30.1 Å². The Bertz CT molecular complexity index is 893. The smallest absolute Gasteiger partial charge is 0.434 e. The van der Waals surface area contributed by atoms with E-state index in [-0.39, 0.29) is 48.0 Å². The standard InChI is InChI=1S/C27H41NO7.ClH/c1-25-10-8-18(29)14-17(25)6-7-19-20-9-11-27(33,26(20,2)15-21(30)23(19)25)22(31)16-35-24(32)34-13-5-3-4-12-28;/h14,19-21,23,30,33H,3-13,15-16,28H2,1-2H3;1H/t19-,20-,21-,23+,25-,26-,27-;/m0./s1. The summed E-state index contributed by atoms with van der Waals surface area (Å²) in [5.41, 5.74) is 3.90. The van der Waals surface area contributed by atoms with E-state index in [2.05, 4.69) is 6.92 Å². The lowest BCUT2D eigenvalue weighted by molar-refractivity contribution is -0.182. The van der Waals surface area contributed by atoms with Gasteiger partial charge in [-0.05, 0) is 93.6 Å². The number of aliphatic hydroxyl groups is 2. The number of halogens is 1. The number of ether oxygens (including phenoxy) is 2. The van der Waals surface area contributed by atoms with Crippen LogP contribution in [0.15, 0.2) is 11.6 Å². The fourth-order valence-electron chi connectivity index (χ4n) is 8.01. The van der Waals surface area contributed by atoms with Crippen molar-refractivity contribution in [3.05, 3.63) is 11.6 Å². The second kappa shape index (κ2) is 11.1. The molecule has 4 aliphatic carbocycles. The maximum atomic E-state index is 13.2. The van der Waals surface area contributed by atoms with E-state index in [9.17, 15) is 24.6 Å². The van der Waals surface area contributed by atoms with Crippen LogP contribution in [0.5, 0.6) is 0 Å². The molecule has 0 unspecified atom stereocenters. The number of fused-ring (bicyclic) bond motifs is 5.